The average molecular weight is 433 g/mol. The van der Waals surface area contributed by atoms with E-state index in [4.69, 9.17) is 32.4 Å². The van der Waals surface area contributed by atoms with Gasteiger partial charge in [0, 0.05) is 15.6 Å². The molecule has 0 aliphatic rings. The minimum atomic E-state index is 0.285. The number of halogens is 2. The smallest absolute Gasteiger partial charge is 0.209 e. The van der Waals surface area contributed by atoms with Crippen LogP contribution in [0.3, 0.4) is 0 Å². The highest BCUT2D eigenvalue weighted by Gasteiger charge is 2.10. The first-order chi connectivity index (χ1) is 13.7. The summed E-state index contributed by atoms with van der Waals surface area (Å²) in [6.07, 6.45) is 1.69. The first-order valence-electron chi connectivity index (χ1n) is 8.29. The number of hydrogen-bond donors (Lipinski definition) is 1. The topological polar surface area (TPSA) is 76.8 Å². The third kappa shape index (κ3) is 4.86. The number of aromatic amines is 1. The van der Waals surface area contributed by atoms with Gasteiger partial charge in [0.15, 0.2) is 11.6 Å². The molecular weight excluding hydrogens is 419 g/mol. The Morgan fingerprint density at radius 2 is 1.93 bits per heavy atom. The number of aromatic nitrogens is 4. The summed E-state index contributed by atoms with van der Waals surface area (Å²) in [5, 5.41) is 8.94. The Hall–Kier alpha value is -2.48. The van der Waals surface area contributed by atoms with Gasteiger partial charge in [0.25, 0.3) is 0 Å². The highest BCUT2D eigenvalue weighted by atomic mass is 35.5. The lowest BCUT2D eigenvalue weighted by Gasteiger charge is -2.03. The lowest BCUT2D eigenvalue weighted by atomic mass is 10.2. The largest absolute Gasteiger partial charge is 0.486 e. The van der Waals surface area contributed by atoms with E-state index in [1.165, 1.54) is 11.8 Å². The normalized spacial score (nSPS) is 10.9. The molecule has 142 valence electrons. The van der Waals surface area contributed by atoms with Crippen molar-refractivity contribution in [3.8, 4) is 17.1 Å². The lowest BCUT2D eigenvalue weighted by molar-refractivity contribution is 0.296. The summed E-state index contributed by atoms with van der Waals surface area (Å²) >= 11 is 13.3. The fraction of sp³-hybridized carbons (Fsp3) is 0.105. The second-order valence-corrected chi connectivity index (χ2v) is 7.54. The molecule has 4 rings (SSSR count). The Bertz CT molecular complexity index is 1070. The van der Waals surface area contributed by atoms with Crippen molar-refractivity contribution < 1.29 is 9.15 Å². The van der Waals surface area contributed by atoms with Crippen LogP contribution in [-0.2, 0) is 12.4 Å². The number of nitrogens with one attached hydrogen (secondary N) is 1. The molecule has 6 nitrogen and oxygen atoms in total. The number of thioether (sulfide) groups is 1. The minimum absolute atomic E-state index is 0.285. The van der Waals surface area contributed by atoms with Gasteiger partial charge in [0.05, 0.1) is 11.9 Å². The van der Waals surface area contributed by atoms with Crippen LogP contribution in [0.4, 0.5) is 0 Å². The molecule has 4 aromatic rings. The number of benzene rings is 2. The molecule has 0 aliphatic carbocycles. The predicted octanol–water partition coefficient (Wildman–Crippen LogP) is 5.64. The quantitative estimate of drug-likeness (QED) is 0.380. The monoisotopic (exact) mass is 432 g/mol. The van der Waals surface area contributed by atoms with Gasteiger partial charge < -0.3 is 9.15 Å². The lowest BCUT2D eigenvalue weighted by Crippen LogP contribution is -1.97. The highest BCUT2D eigenvalue weighted by Crippen LogP contribution is 2.26. The molecule has 1 N–H and O–H groups in total. The van der Waals surface area contributed by atoms with E-state index >= 15 is 0 Å². The van der Waals surface area contributed by atoms with Gasteiger partial charge in [0.1, 0.15) is 12.4 Å². The van der Waals surface area contributed by atoms with Gasteiger partial charge in [0.2, 0.25) is 11.0 Å². The Balaban J connectivity index is 1.31. The summed E-state index contributed by atoms with van der Waals surface area (Å²) in [6, 6.07) is 14.6. The van der Waals surface area contributed by atoms with Crippen LogP contribution >= 0.6 is 35.0 Å². The molecule has 2 aromatic heterocycles. The Labute approximate surface area is 175 Å². The predicted molar refractivity (Wildman–Crippen MR) is 109 cm³/mol. The minimum Gasteiger partial charge on any atom is -0.486 e. The molecule has 0 unspecified atom stereocenters. The van der Waals surface area contributed by atoms with E-state index in [2.05, 4.69) is 20.2 Å². The van der Waals surface area contributed by atoms with Crippen LogP contribution in [0.25, 0.3) is 11.3 Å². The number of H-pyrrole nitrogens is 1. The second kappa shape index (κ2) is 8.68. The van der Waals surface area contributed by atoms with Crippen LogP contribution < -0.4 is 4.74 Å². The van der Waals surface area contributed by atoms with Crippen molar-refractivity contribution in [1.82, 2.24) is 20.2 Å². The van der Waals surface area contributed by atoms with Crippen molar-refractivity contribution >= 4 is 35.0 Å². The number of nitrogens with zero attached hydrogens (tertiary/aromatic N) is 3. The Morgan fingerprint density at radius 1 is 1.07 bits per heavy atom. The van der Waals surface area contributed by atoms with Crippen LogP contribution in [0.1, 0.15) is 11.7 Å². The third-order valence-electron chi connectivity index (χ3n) is 3.69. The van der Waals surface area contributed by atoms with Crippen molar-refractivity contribution in [2.45, 2.75) is 17.5 Å². The zero-order valence-electron chi connectivity index (χ0n) is 14.4. The molecule has 2 heterocycles. The van der Waals surface area contributed by atoms with E-state index in [0.29, 0.717) is 44.2 Å². The zero-order chi connectivity index (χ0) is 19.3. The summed E-state index contributed by atoms with van der Waals surface area (Å²) in [7, 11) is 0. The van der Waals surface area contributed by atoms with E-state index in [1.807, 2.05) is 24.3 Å². The molecule has 0 aliphatic heterocycles. The average Bonchev–Trinajstić information content (AvgIpc) is 3.35. The molecular formula is C19H14Cl2N4O2S. The summed E-state index contributed by atoms with van der Waals surface area (Å²) < 4.78 is 11.4. The van der Waals surface area contributed by atoms with Gasteiger partial charge >= 0.3 is 0 Å². The fourth-order valence-electron chi connectivity index (χ4n) is 2.37. The van der Waals surface area contributed by atoms with Crippen molar-refractivity contribution in [3.63, 3.8) is 0 Å². The molecule has 0 atom stereocenters. The maximum absolute atomic E-state index is 6.01. The molecule has 9 heteroatoms. The van der Waals surface area contributed by atoms with Crippen LogP contribution in [0.15, 0.2) is 64.3 Å². The SMILES string of the molecule is Clc1ccc(OCc2nc(SCc3ncc(-c4cccc(Cl)c4)o3)n[nH]2)cc1. The number of hydrogen-bond acceptors (Lipinski definition) is 6. The molecule has 0 saturated heterocycles. The summed E-state index contributed by atoms with van der Waals surface area (Å²) in [4.78, 5) is 8.69. The Morgan fingerprint density at radius 3 is 2.75 bits per heavy atom. The van der Waals surface area contributed by atoms with Crippen molar-refractivity contribution in [1.29, 1.82) is 0 Å². The number of oxazole rings is 1. The molecule has 0 saturated carbocycles. The molecule has 0 spiro atoms. The van der Waals surface area contributed by atoms with Crippen LogP contribution in [0.2, 0.25) is 10.0 Å². The van der Waals surface area contributed by atoms with E-state index < -0.39 is 0 Å². The van der Waals surface area contributed by atoms with Crippen molar-refractivity contribution in [3.05, 3.63) is 76.5 Å². The summed E-state index contributed by atoms with van der Waals surface area (Å²) in [5.41, 5.74) is 0.885. The summed E-state index contributed by atoms with van der Waals surface area (Å²) in [5.74, 6) is 3.11. The van der Waals surface area contributed by atoms with Crippen LogP contribution in [-0.4, -0.2) is 20.2 Å². The molecule has 28 heavy (non-hydrogen) atoms. The van der Waals surface area contributed by atoms with Crippen molar-refractivity contribution in [2.75, 3.05) is 0 Å². The molecule has 2 aromatic carbocycles. The number of ether oxygens (including phenoxy) is 1. The first-order valence-corrected chi connectivity index (χ1v) is 10.0. The van der Waals surface area contributed by atoms with Gasteiger partial charge in [-0.25, -0.2) is 9.97 Å². The fourth-order valence-corrected chi connectivity index (χ4v) is 3.36. The molecule has 0 bridgehead atoms. The maximum atomic E-state index is 6.01. The molecule has 0 fully saturated rings. The van der Waals surface area contributed by atoms with E-state index in [1.54, 1.807) is 30.5 Å². The molecule has 0 radical (unpaired) electrons. The van der Waals surface area contributed by atoms with Gasteiger partial charge in [-0.15, -0.1) is 5.10 Å². The number of rotatable bonds is 7. The second-order valence-electron chi connectivity index (χ2n) is 5.72. The standard InChI is InChI=1S/C19H14Cl2N4O2S/c20-13-4-6-15(7-5-13)26-10-17-23-19(25-24-17)28-11-18-22-9-16(27-18)12-2-1-3-14(21)8-12/h1-9H,10-11H2,(H,23,24,25). The zero-order valence-corrected chi connectivity index (χ0v) is 16.8. The maximum Gasteiger partial charge on any atom is 0.209 e. The van der Waals surface area contributed by atoms with Gasteiger partial charge in [-0.05, 0) is 36.4 Å². The molecule has 0 amide bonds. The van der Waals surface area contributed by atoms with Crippen molar-refractivity contribution in [2.24, 2.45) is 0 Å². The van der Waals surface area contributed by atoms with Crippen LogP contribution in [0, 0.1) is 0 Å². The van der Waals surface area contributed by atoms with E-state index in [-0.39, 0.29) is 6.61 Å². The van der Waals surface area contributed by atoms with Gasteiger partial charge in [-0.1, -0.05) is 47.1 Å². The summed E-state index contributed by atoms with van der Waals surface area (Å²) in [6.45, 7) is 0.285. The van der Waals surface area contributed by atoms with Gasteiger partial charge in [-0.3, -0.25) is 5.10 Å². The third-order valence-corrected chi connectivity index (χ3v) is 5.01. The van der Waals surface area contributed by atoms with E-state index in [9.17, 15) is 0 Å². The van der Waals surface area contributed by atoms with Crippen LogP contribution in [0.5, 0.6) is 5.75 Å². The van der Waals surface area contributed by atoms with Gasteiger partial charge in [-0.2, -0.15) is 0 Å². The van der Waals surface area contributed by atoms with E-state index in [0.717, 1.165) is 5.56 Å². The Kier molecular flexibility index (Phi) is 5.85. The highest BCUT2D eigenvalue weighted by molar-refractivity contribution is 7.98. The first kappa shape index (κ1) is 18.9.